The molecule has 0 spiro atoms. The zero-order valence-electron chi connectivity index (χ0n) is 11.8. The SMILES string of the molecule is C=CC(=O)OC(F)C(F)(F)C(F)(F)C(F)(F)C(F)(F)C(F)C(F)C(F)F. The Labute approximate surface area is 135 Å². The zero-order valence-corrected chi connectivity index (χ0v) is 11.8. The average Bonchev–Trinajstić information content (AvgIpc) is 2.51. The van der Waals surface area contributed by atoms with Crippen LogP contribution in [0.5, 0.6) is 0 Å². The number of hydrogen-bond acceptors (Lipinski definition) is 2. The van der Waals surface area contributed by atoms with E-state index in [4.69, 9.17) is 0 Å². The summed E-state index contributed by atoms with van der Waals surface area (Å²) in [7, 11) is 0. The summed E-state index contributed by atoms with van der Waals surface area (Å²) in [5.41, 5.74) is 0. The van der Waals surface area contributed by atoms with Gasteiger partial charge in [0.2, 0.25) is 6.17 Å². The fraction of sp³-hybridized carbons (Fsp3) is 0.727. The molecular weight excluding hydrogens is 411 g/mol. The van der Waals surface area contributed by atoms with Gasteiger partial charge in [-0.3, -0.25) is 0 Å². The lowest BCUT2D eigenvalue weighted by atomic mass is 9.93. The summed E-state index contributed by atoms with van der Waals surface area (Å²) in [6.07, 6.45) is -19.9. The van der Waals surface area contributed by atoms with Crippen molar-refractivity contribution in [1.82, 2.24) is 0 Å². The summed E-state index contributed by atoms with van der Waals surface area (Å²) < 4.78 is 170. The Kier molecular flexibility index (Phi) is 7.01. The molecule has 0 aromatic rings. The van der Waals surface area contributed by atoms with Crippen molar-refractivity contribution in [3.8, 4) is 0 Å². The Morgan fingerprint density at radius 2 is 1.19 bits per heavy atom. The van der Waals surface area contributed by atoms with Gasteiger partial charge >= 0.3 is 36.0 Å². The van der Waals surface area contributed by atoms with Crippen molar-refractivity contribution in [2.75, 3.05) is 0 Å². The molecule has 0 fully saturated rings. The molecule has 0 saturated carbocycles. The van der Waals surface area contributed by atoms with Crippen molar-refractivity contribution in [2.45, 2.75) is 48.8 Å². The Morgan fingerprint density at radius 1 is 0.808 bits per heavy atom. The van der Waals surface area contributed by atoms with E-state index in [-0.39, 0.29) is 6.08 Å². The first kappa shape index (κ1) is 24.3. The van der Waals surface area contributed by atoms with Crippen molar-refractivity contribution in [3.05, 3.63) is 12.7 Å². The second-order valence-corrected chi connectivity index (χ2v) is 4.53. The van der Waals surface area contributed by atoms with E-state index in [0.717, 1.165) is 0 Å². The van der Waals surface area contributed by atoms with Gasteiger partial charge in [0.15, 0.2) is 6.17 Å². The predicted octanol–water partition coefficient (Wildman–Crippen LogP) is 4.49. The largest absolute Gasteiger partial charge is 0.421 e. The topological polar surface area (TPSA) is 26.3 Å². The van der Waals surface area contributed by atoms with Crippen LogP contribution in [-0.2, 0) is 9.53 Å². The van der Waals surface area contributed by atoms with Gasteiger partial charge in [0.25, 0.3) is 6.43 Å². The molecule has 0 N–H and O–H groups in total. The van der Waals surface area contributed by atoms with Crippen LogP contribution in [0.4, 0.5) is 57.1 Å². The quantitative estimate of drug-likeness (QED) is 0.313. The lowest BCUT2D eigenvalue weighted by Crippen LogP contribution is -2.68. The predicted molar refractivity (Wildman–Crippen MR) is 56.8 cm³/mol. The molecule has 0 saturated heterocycles. The smallest absolute Gasteiger partial charge is 0.385 e. The molecular formula is C11H7F13O2. The molecule has 3 atom stereocenters. The third-order valence-corrected chi connectivity index (χ3v) is 2.77. The van der Waals surface area contributed by atoms with Gasteiger partial charge in [-0.25, -0.2) is 22.4 Å². The summed E-state index contributed by atoms with van der Waals surface area (Å²) >= 11 is 0. The molecule has 0 radical (unpaired) electrons. The van der Waals surface area contributed by atoms with Crippen molar-refractivity contribution in [2.24, 2.45) is 0 Å². The number of alkyl halides is 13. The molecule has 3 unspecified atom stereocenters. The minimum atomic E-state index is -7.59. The number of ether oxygens (including phenoxy) is 1. The van der Waals surface area contributed by atoms with Gasteiger partial charge in [-0.1, -0.05) is 6.58 Å². The Balaban J connectivity index is 5.98. The first-order valence-electron chi connectivity index (χ1n) is 5.94. The molecule has 154 valence electrons. The van der Waals surface area contributed by atoms with Crippen LogP contribution in [-0.4, -0.2) is 54.8 Å². The van der Waals surface area contributed by atoms with Crippen LogP contribution < -0.4 is 0 Å². The van der Waals surface area contributed by atoms with Crippen LogP contribution in [0.1, 0.15) is 0 Å². The van der Waals surface area contributed by atoms with Crippen molar-refractivity contribution in [1.29, 1.82) is 0 Å². The number of rotatable bonds is 9. The van der Waals surface area contributed by atoms with E-state index in [0.29, 0.717) is 0 Å². The van der Waals surface area contributed by atoms with Crippen LogP contribution in [0, 0.1) is 0 Å². The summed E-state index contributed by atoms with van der Waals surface area (Å²) in [5, 5.41) is 0. The molecule has 15 heteroatoms. The highest BCUT2D eigenvalue weighted by molar-refractivity contribution is 5.81. The summed E-state index contributed by atoms with van der Waals surface area (Å²) in [4.78, 5) is 10.4. The monoisotopic (exact) mass is 418 g/mol. The highest BCUT2D eigenvalue weighted by Gasteiger charge is 2.85. The van der Waals surface area contributed by atoms with Crippen molar-refractivity contribution >= 4 is 5.97 Å². The van der Waals surface area contributed by atoms with Crippen molar-refractivity contribution < 1.29 is 66.6 Å². The van der Waals surface area contributed by atoms with Crippen LogP contribution >= 0.6 is 0 Å². The van der Waals surface area contributed by atoms with E-state index in [9.17, 15) is 61.9 Å². The van der Waals surface area contributed by atoms with Gasteiger partial charge in [-0.05, 0) is 0 Å². The molecule has 26 heavy (non-hydrogen) atoms. The summed E-state index contributed by atoms with van der Waals surface area (Å²) in [6, 6.07) is 0. The van der Waals surface area contributed by atoms with E-state index >= 15 is 0 Å². The Morgan fingerprint density at radius 3 is 1.54 bits per heavy atom. The van der Waals surface area contributed by atoms with Crippen molar-refractivity contribution in [3.63, 3.8) is 0 Å². The number of carbonyl (C=O) groups excluding carboxylic acids is 1. The molecule has 0 heterocycles. The fourth-order valence-corrected chi connectivity index (χ4v) is 1.29. The van der Waals surface area contributed by atoms with E-state index in [1.807, 2.05) is 0 Å². The fourth-order valence-electron chi connectivity index (χ4n) is 1.29. The zero-order chi connectivity index (χ0) is 21.3. The van der Waals surface area contributed by atoms with Gasteiger partial charge in [0.1, 0.15) is 0 Å². The third-order valence-electron chi connectivity index (χ3n) is 2.77. The van der Waals surface area contributed by atoms with Crippen LogP contribution in [0.2, 0.25) is 0 Å². The molecule has 0 rings (SSSR count). The third kappa shape index (κ3) is 3.84. The minimum absolute atomic E-state index is 0.0958. The molecule has 0 aliphatic rings. The van der Waals surface area contributed by atoms with Gasteiger partial charge in [-0.15, -0.1) is 0 Å². The maximum absolute atomic E-state index is 13.2. The number of carbonyl (C=O) groups is 1. The first-order valence-corrected chi connectivity index (χ1v) is 5.94. The number of halogens is 13. The van der Waals surface area contributed by atoms with Gasteiger partial charge in [0, 0.05) is 6.08 Å². The van der Waals surface area contributed by atoms with E-state index in [2.05, 4.69) is 11.3 Å². The highest BCUT2D eigenvalue weighted by Crippen LogP contribution is 2.56. The second kappa shape index (κ2) is 7.50. The molecule has 0 aliphatic carbocycles. The number of esters is 1. The van der Waals surface area contributed by atoms with E-state index < -0.39 is 54.8 Å². The van der Waals surface area contributed by atoms with E-state index in [1.165, 1.54) is 0 Å². The molecule has 0 aromatic heterocycles. The van der Waals surface area contributed by atoms with Crippen LogP contribution in [0.3, 0.4) is 0 Å². The standard InChI is InChI=1S/C11H7F13O2/c1-2-3(25)26-7(16)9(19,20)11(23,24)10(21,22)8(17,18)5(13)4(12)6(14)15/h2,4-7H,1H2. The van der Waals surface area contributed by atoms with Gasteiger partial charge < -0.3 is 4.74 Å². The molecule has 0 amide bonds. The molecule has 2 nitrogen and oxygen atoms in total. The van der Waals surface area contributed by atoms with Gasteiger partial charge in [-0.2, -0.15) is 39.5 Å². The minimum Gasteiger partial charge on any atom is -0.421 e. The molecule has 0 bridgehead atoms. The highest BCUT2D eigenvalue weighted by atomic mass is 19.4. The lowest BCUT2D eigenvalue weighted by molar-refractivity contribution is -0.399. The van der Waals surface area contributed by atoms with Crippen LogP contribution in [0.25, 0.3) is 0 Å². The lowest BCUT2D eigenvalue weighted by Gasteiger charge is -2.38. The first-order chi connectivity index (χ1) is 11.4. The average molecular weight is 418 g/mol. The maximum Gasteiger partial charge on any atom is 0.385 e. The molecule has 0 aliphatic heterocycles. The number of hydrogen-bond donors (Lipinski definition) is 0. The second-order valence-electron chi connectivity index (χ2n) is 4.53. The summed E-state index contributed by atoms with van der Waals surface area (Å²) in [6.45, 7) is 2.50. The van der Waals surface area contributed by atoms with Crippen LogP contribution in [0.15, 0.2) is 12.7 Å². The maximum atomic E-state index is 13.2. The van der Waals surface area contributed by atoms with Gasteiger partial charge in [0.05, 0.1) is 0 Å². The molecule has 0 aromatic carbocycles. The Hall–Kier alpha value is -1.70. The normalized spacial score (nSPS) is 17.6. The van der Waals surface area contributed by atoms with E-state index in [1.54, 1.807) is 0 Å². The summed E-state index contributed by atoms with van der Waals surface area (Å²) in [5.74, 6) is -31.4. The Bertz CT molecular complexity index is 518.